The van der Waals surface area contributed by atoms with Gasteiger partial charge in [-0.3, -0.25) is 14.3 Å². The molecule has 6 nitrogen and oxygen atoms in total. The number of nitrogens with two attached hydrogens (primary N) is 1. The van der Waals surface area contributed by atoms with Crippen LogP contribution in [0.1, 0.15) is 24.0 Å². The maximum Gasteiger partial charge on any atom is 0.246 e. The summed E-state index contributed by atoms with van der Waals surface area (Å²) in [6.45, 7) is 1.76. The largest absolute Gasteiger partial charge is 0.369 e. The van der Waals surface area contributed by atoms with Crippen LogP contribution in [-0.2, 0) is 16.1 Å². The second-order valence-electron chi connectivity index (χ2n) is 7.82. The molecule has 1 aromatic heterocycles. The SMILES string of the molecule is NC(=O)C1CCN(C(=O)/C=C/c2cn(Cc3ccccc3)nc2-c2ccccc2)CC1. The second kappa shape index (κ2) is 9.43. The molecule has 158 valence electrons. The average molecular weight is 415 g/mol. The lowest BCUT2D eigenvalue weighted by Crippen LogP contribution is -2.41. The van der Waals surface area contributed by atoms with Gasteiger partial charge in [-0.2, -0.15) is 5.10 Å². The van der Waals surface area contributed by atoms with Gasteiger partial charge in [-0.1, -0.05) is 60.7 Å². The predicted octanol–water partition coefficient (Wildman–Crippen LogP) is 3.34. The molecule has 0 bridgehead atoms. The smallest absolute Gasteiger partial charge is 0.246 e. The summed E-state index contributed by atoms with van der Waals surface area (Å²) in [5.41, 5.74) is 9.28. The lowest BCUT2D eigenvalue weighted by Gasteiger charge is -2.29. The molecule has 3 aromatic rings. The van der Waals surface area contributed by atoms with Crippen molar-refractivity contribution in [3.05, 3.63) is 84.1 Å². The molecule has 6 heteroatoms. The number of hydrogen-bond acceptors (Lipinski definition) is 3. The number of amides is 2. The minimum Gasteiger partial charge on any atom is -0.369 e. The summed E-state index contributed by atoms with van der Waals surface area (Å²) in [5.74, 6) is -0.465. The molecule has 2 aromatic carbocycles. The number of nitrogens with zero attached hydrogens (tertiary/aromatic N) is 3. The number of hydrogen-bond donors (Lipinski definition) is 1. The van der Waals surface area contributed by atoms with E-state index in [2.05, 4.69) is 12.1 Å². The fourth-order valence-electron chi connectivity index (χ4n) is 3.88. The zero-order chi connectivity index (χ0) is 21.6. The van der Waals surface area contributed by atoms with Crippen molar-refractivity contribution in [1.29, 1.82) is 0 Å². The molecule has 2 amide bonds. The summed E-state index contributed by atoms with van der Waals surface area (Å²) in [6, 6.07) is 20.1. The Morgan fingerprint density at radius 2 is 1.65 bits per heavy atom. The van der Waals surface area contributed by atoms with Crippen molar-refractivity contribution in [2.75, 3.05) is 13.1 Å². The van der Waals surface area contributed by atoms with Gasteiger partial charge in [-0.15, -0.1) is 0 Å². The van der Waals surface area contributed by atoms with E-state index in [1.54, 1.807) is 11.0 Å². The number of aromatic nitrogens is 2. The Labute approximate surface area is 182 Å². The van der Waals surface area contributed by atoms with Crippen LogP contribution < -0.4 is 5.73 Å². The number of piperidine rings is 1. The molecule has 1 aliphatic rings. The van der Waals surface area contributed by atoms with E-state index >= 15 is 0 Å². The summed E-state index contributed by atoms with van der Waals surface area (Å²) in [4.78, 5) is 25.8. The van der Waals surface area contributed by atoms with Gasteiger partial charge in [0.25, 0.3) is 0 Å². The third-order valence-electron chi connectivity index (χ3n) is 5.64. The Balaban J connectivity index is 1.53. The maximum atomic E-state index is 12.7. The summed E-state index contributed by atoms with van der Waals surface area (Å²) in [7, 11) is 0. The maximum absolute atomic E-state index is 12.7. The molecule has 1 saturated heterocycles. The molecule has 1 aliphatic heterocycles. The minimum atomic E-state index is -0.277. The van der Waals surface area contributed by atoms with Crippen LogP contribution >= 0.6 is 0 Å². The van der Waals surface area contributed by atoms with Crippen LogP contribution in [0.5, 0.6) is 0 Å². The lowest BCUT2D eigenvalue weighted by molar-refractivity contribution is -0.130. The summed E-state index contributed by atoms with van der Waals surface area (Å²) >= 11 is 0. The quantitative estimate of drug-likeness (QED) is 0.628. The Kier molecular flexibility index (Phi) is 6.26. The first-order chi connectivity index (χ1) is 15.1. The van der Waals surface area contributed by atoms with Crippen LogP contribution in [0.3, 0.4) is 0 Å². The molecule has 4 rings (SSSR count). The van der Waals surface area contributed by atoms with Gasteiger partial charge in [-0.25, -0.2) is 0 Å². The predicted molar refractivity (Wildman–Crippen MR) is 121 cm³/mol. The third kappa shape index (κ3) is 5.09. The first-order valence-corrected chi connectivity index (χ1v) is 10.5. The lowest BCUT2D eigenvalue weighted by atomic mass is 9.96. The van der Waals surface area contributed by atoms with Crippen molar-refractivity contribution in [2.24, 2.45) is 11.7 Å². The van der Waals surface area contributed by atoms with Crippen LogP contribution in [0.4, 0.5) is 0 Å². The van der Waals surface area contributed by atoms with Gasteiger partial charge in [0.1, 0.15) is 0 Å². The molecule has 0 unspecified atom stereocenters. The number of primary amides is 1. The van der Waals surface area contributed by atoms with Gasteiger partial charge in [0.2, 0.25) is 11.8 Å². The molecule has 31 heavy (non-hydrogen) atoms. The molecule has 2 N–H and O–H groups in total. The van der Waals surface area contributed by atoms with Crippen molar-refractivity contribution >= 4 is 17.9 Å². The highest BCUT2D eigenvalue weighted by molar-refractivity contribution is 5.93. The Hall–Kier alpha value is -3.67. The van der Waals surface area contributed by atoms with E-state index < -0.39 is 0 Å². The molecule has 0 spiro atoms. The molecule has 0 saturated carbocycles. The third-order valence-corrected chi connectivity index (χ3v) is 5.64. The molecular formula is C25H26N4O2. The Morgan fingerprint density at radius 3 is 2.29 bits per heavy atom. The van der Waals surface area contributed by atoms with Crippen molar-refractivity contribution < 1.29 is 9.59 Å². The number of carbonyl (C=O) groups excluding carboxylic acids is 2. The number of benzene rings is 2. The van der Waals surface area contributed by atoms with E-state index in [0.717, 1.165) is 22.4 Å². The van der Waals surface area contributed by atoms with Crippen LogP contribution in [0.25, 0.3) is 17.3 Å². The molecule has 2 heterocycles. The topological polar surface area (TPSA) is 81.2 Å². The van der Waals surface area contributed by atoms with E-state index in [0.29, 0.717) is 32.5 Å². The first kappa shape index (κ1) is 20.6. The van der Waals surface area contributed by atoms with Gasteiger partial charge in [-0.05, 0) is 24.5 Å². The number of carbonyl (C=O) groups is 2. The fraction of sp³-hybridized carbons (Fsp3) is 0.240. The van der Waals surface area contributed by atoms with Crippen molar-refractivity contribution in [3.63, 3.8) is 0 Å². The first-order valence-electron chi connectivity index (χ1n) is 10.5. The molecular weight excluding hydrogens is 388 g/mol. The van der Waals surface area contributed by atoms with Crippen LogP contribution in [0.2, 0.25) is 0 Å². The zero-order valence-electron chi connectivity index (χ0n) is 17.4. The molecule has 1 fully saturated rings. The number of likely N-dealkylation sites (tertiary alicyclic amines) is 1. The summed E-state index contributed by atoms with van der Waals surface area (Å²) < 4.78 is 1.90. The minimum absolute atomic E-state index is 0.0576. The van der Waals surface area contributed by atoms with Crippen molar-refractivity contribution in [1.82, 2.24) is 14.7 Å². The monoisotopic (exact) mass is 414 g/mol. The zero-order valence-corrected chi connectivity index (χ0v) is 17.4. The van der Waals surface area contributed by atoms with Gasteiger partial charge in [0.15, 0.2) is 0 Å². The highest BCUT2D eigenvalue weighted by atomic mass is 16.2. The van der Waals surface area contributed by atoms with Gasteiger partial charge >= 0.3 is 0 Å². The average Bonchev–Trinajstić information content (AvgIpc) is 3.21. The summed E-state index contributed by atoms with van der Waals surface area (Å²) in [5, 5.41) is 4.78. The Morgan fingerprint density at radius 1 is 1.00 bits per heavy atom. The number of rotatable bonds is 6. The fourth-order valence-corrected chi connectivity index (χ4v) is 3.88. The van der Waals surface area contributed by atoms with Crippen LogP contribution in [0, 0.1) is 5.92 Å². The van der Waals surface area contributed by atoms with Crippen LogP contribution in [-0.4, -0.2) is 39.6 Å². The van der Waals surface area contributed by atoms with E-state index in [-0.39, 0.29) is 17.7 Å². The normalized spacial score (nSPS) is 14.8. The van der Waals surface area contributed by atoms with Gasteiger partial charge in [0, 0.05) is 42.4 Å². The van der Waals surface area contributed by atoms with E-state index in [1.165, 1.54) is 0 Å². The van der Waals surface area contributed by atoms with E-state index in [9.17, 15) is 9.59 Å². The van der Waals surface area contributed by atoms with E-state index in [4.69, 9.17) is 10.8 Å². The Bertz CT molecular complexity index is 1070. The van der Waals surface area contributed by atoms with Gasteiger partial charge < -0.3 is 10.6 Å². The van der Waals surface area contributed by atoms with Crippen molar-refractivity contribution in [3.8, 4) is 11.3 Å². The standard InChI is InChI=1S/C25H26N4O2/c26-25(31)21-13-15-28(16-14-21)23(30)12-11-22-18-29(17-19-7-3-1-4-8-19)27-24(22)20-9-5-2-6-10-20/h1-12,18,21H,13-17H2,(H2,26,31)/b12-11+. The molecule has 0 aliphatic carbocycles. The van der Waals surface area contributed by atoms with Crippen molar-refractivity contribution in [2.45, 2.75) is 19.4 Å². The highest BCUT2D eigenvalue weighted by Crippen LogP contribution is 2.24. The summed E-state index contributed by atoms with van der Waals surface area (Å²) in [6.07, 6.45) is 6.65. The molecule has 0 radical (unpaired) electrons. The van der Waals surface area contributed by atoms with E-state index in [1.807, 2.05) is 65.5 Å². The van der Waals surface area contributed by atoms with Gasteiger partial charge in [0.05, 0.1) is 12.2 Å². The van der Waals surface area contributed by atoms with Crippen LogP contribution in [0.15, 0.2) is 72.9 Å². The second-order valence-corrected chi connectivity index (χ2v) is 7.82. The highest BCUT2D eigenvalue weighted by Gasteiger charge is 2.24. The molecule has 0 atom stereocenters.